The third-order valence-electron chi connectivity index (χ3n) is 5.67. The van der Waals surface area contributed by atoms with E-state index in [4.69, 9.17) is 0 Å². The quantitative estimate of drug-likeness (QED) is 0.698. The summed E-state index contributed by atoms with van der Waals surface area (Å²) in [7, 11) is 0. The standard InChI is InChI=1S/C19H31N3.C3H6O/c1-15(2)19-20-12-18(13-21-19)17-8-10-22(11-9-17)14-16-6-4-3-5-7-16;1-2-3-4/h12-13,15-17H,3-11,14H2,1-2H3;3H,2H2,1H3. The highest BCUT2D eigenvalue weighted by atomic mass is 16.1. The molecule has 146 valence electrons. The van der Waals surface area contributed by atoms with Crippen LogP contribution in [0.4, 0.5) is 0 Å². The van der Waals surface area contributed by atoms with Crippen molar-refractivity contribution < 1.29 is 4.79 Å². The minimum atomic E-state index is 0.423. The van der Waals surface area contributed by atoms with Gasteiger partial charge in [0, 0.05) is 31.3 Å². The van der Waals surface area contributed by atoms with Crippen molar-refractivity contribution in [1.82, 2.24) is 14.9 Å². The summed E-state index contributed by atoms with van der Waals surface area (Å²) < 4.78 is 0. The van der Waals surface area contributed by atoms with Gasteiger partial charge in [-0.05, 0) is 56.2 Å². The normalized spacial score (nSPS) is 19.8. The Morgan fingerprint density at radius 3 is 2.15 bits per heavy atom. The van der Waals surface area contributed by atoms with Crippen LogP contribution in [0, 0.1) is 5.92 Å². The van der Waals surface area contributed by atoms with Crippen LogP contribution in [0.2, 0.25) is 0 Å². The first kappa shape index (κ1) is 21.0. The number of aromatic nitrogens is 2. The van der Waals surface area contributed by atoms with Crippen molar-refractivity contribution in [3.63, 3.8) is 0 Å². The van der Waals surface area contributed by atoms with Crippen LogP contribution in [-0.4, -0.2) is 40.8 Å². The summed E-state index contributed by atoms with van der Waals surface area (Å²) >= 11 is 0. The number of carbonyl (C=O) groups is 1. The molecular weight excluding hydrogens is 322 g/mol. The van der Waals surface area contributed by atoms with E-state index >= 15 is 0 Å². The van der Waals surface area contributed by atoms with Crippen molar-refractivity contribution in [2.45, 2.75) is 84.0 Å². The summed E-state index contributed by atoms with van der Waals surface area (Å²) in [6.45, 7) is 9.97. The van der Waals surface area contributed by atoms with Gasteiger partial charge in [-0.1, -0.05) is 40.0 Å². The summed E-state index contributed by atoms with van der Waals surface area (Å²) in [4.78, 5) is 21.0. The zero-order chi connectivity index (χ0) is 18.8. The second-order valence-corrected chi connectivity index (χ2v) is 8.18. The first-order valence-corrected chi connectivity index (χ1v) is 10.6. The van der Waals surface area contributed by atoms with Gasteiger partial charge < -0.3 is 9.69 Å². The molecule has 2 aliphatic rings. The average Bonchev–Trinajstić information content (AvgIpc) is 2.70. The molecule has 0 N–H and O–H groups in total. The lowest BCUT2D eigenvalue weighted by Crippen LogP contribution is -2.37. The number of likely N-dealkylation sites (tertiary alicyclic amines) is 1. The third kappa shape index (κ3) is 6.79. The largest absolute Gasteiger partial charge is 0.303 e. The Hall–Kier alpha value is -1.29. The number of aldehydes is 1. The van der Waals surface area contributed by atoms with Crippen molar-refractivity contribution in [2.75, 3.05) is 19.6 Å². The number of piperidine rings is 1. The third-order valence-corrected chi connectivity index (χ3v) is 5.67. The average molecular weight is 360 g/mol. The highest BCUT2D eigenvalue weighted by molar-refractivity contribution is 5.48. The van der Waals surface area contributed by atoms with E-state index in [0.29, 0.717) is 18.3 Å². The highest BCUT2D eigenvalue weighted by Crippen LogP contribution is 2.30. The number of rotatable bonds is 5. The lowest BCUT2D eigenvalue weighted by molar-refractivity contribution is -0.107. The predicted octanol–water partition coefficient (Wildman–Crippen LogP) is 4.96. The van der Waals surface area contributed by atoms with Crippen molar-refractivity contribution in [3.05, 3.63) is 23.8 Å². The van der Waals surface area contributed by atoms with E-state index in [-0.39, 0.29) is 0 Å². The van der Waals surface area contributed by atoms with Gasteiger partial charge in [-0.25, -0.2) is 9.97 Å². The second-order valence-electron chi connectivity index (χ2n) is 8.18. The van der Waals surface area contributed by atoms with Gasteiger partial charge in [0.05, 0.1) is 0 Å². The molecule has 1 aliphatic carbocycles. The topological polar surface area (TPSA) is 46.1 Å². The van der Waals surface area contributed by atoms with Gasteiger partial charge >= 0.3 is 0 Å². The van der Waals surface area contributed by atoms with E-state index in [1.54, 1.807) is 0 Å². The summed E-state index contributed by atoms with van der Waals surface area (Å²) in [6.07, 6.45) is 15.5. The molecule has 0 spiro atoms. The Bertz CT molecular complexity index is 501. The molecule has 0 aromatic carbocycles. The molecule has 0 atom stereocenters. The maximum Gasteiger partial charge on any atom is 0.130 e. The number of nitrogens with zero attached hydrogens (tertiary/aromatic N) is 3. The lowest BCUT2D eigenvalue weighted by Gasteiger charge is -2.35. The van der Waals surface area contributed by atoms with E-state index < -0.39 is 0 Å². The van der Waals surface area contributed by atoms with E-state index in [9.17, 15) is 4.79 Å². The predicted molar refractivity (Wildman–Crippen MR) is 107 cm³/mol. The molecular formula is C22H37N3O. The first-order valence-electron chi connectivity index (χ1n) is 10.6. The molecule has 4 nitrogen and oxygen atoms in total. The summed E-state index contributed by atoms with van der Waals surface area (Å²) in [5, 5.41) is 0. The number of carbonyl (C=O) groups excluding carboxylic acids is 1. The van der Waals surface area contributed by atoms with Crippen molar-refractivity contribution in [3.8, 4) is 0 Å². The Morgan fingerprint density at radius 2 is 1.65 bits per heavy atom. The molecule has 2 heterocycles. The van der Waals surface area contributed by atoms with Gasteiger partial charge in [0.1, 0.15) is 12.1 Å². The molecule has 1 saturated carbocycles. The first-order chi connectivity index (χ1) is 12.6. The van der Waals surface area contributed by atoms with Crippen LogP contribution < -0.4 is 0 Å². The van der Waals surface area contributed by atoms with Gasteiger partial charge in [0.2, 0.25) is 0 Å². The maximum atomic E-state index is 9.17. The maximum absolute atomic E-state index is 9.17. The Balaban J connectivity index is 0.000000552. The fraction of sp³-hybridized carbons (Fsp3) is 0.773. The zero-order valence-electron chi connectivity index (χ0n) is 17.0. The fourth-order valence-corrected chi connectivity index (χ4v) is 4.04. The van der Waals surface area contributed by atoms with Crippen LogP contribution in [0.1, 0.15) is 95.4 Å². The molecule has 0 radical (unpaired) electrons. The van der Waals surface area contributed by atoms with E-state index in [0.717, 1.165) is 18.0 Å². The summed E-state index contributed by atoms with van der Waals surface area (Å²) in [5.41, 5.74) is 1.35. The van der Waals surface area contributed by atoms with Crippen LogP contribution in [0.15, 0.2) is 12.4 Å². The van der Waals surface area contributed by atoms with Gasteiger partial charge in [0.15, 0.2) is 0 Å². The van der Waals surface area contributed by atoms with Crippen LogP contribution in [-0.2, 0) is 4.79 Å². The molecule has 1 aromatic heterocycles. The van der Waals surface area contributed by atoms with Gasteiger partial charge in [-0.2, -0.15) is 0 Å². The van der Waals surface area contributed by atoms with Gasteiger partial charge in [-0.15, -0.1) is 0 Å². The Kier molecular flexibility index (Phi) is 9.24. The van der Waals surface area contributed by atoms with Gasteiger partial charge in [0.25, 0.3) is 0 Å². The Labute approximate surface area is 159 Å². The SMILES string of the molecule is CC(C)c1ncc(C2CCN(CC3CCCCC3)CC2)cn1.CCC=O. The molecule has 1 aliphatic heterocycles. The molecule has 1 saturated heterocycles. The number of hydrogen-bond acceptors (Lipinski definition) is 4. The lowest BCUT2D eigenvalue weighted by atomic mass is 9.87. The minimum absolute atomic E-state index is 0.423. The monoisotopic (exact) mass is 359 g/mol. The van der Waals surface area contributed by atoms with Crippen LogP contribution in [0.25, 0.3) is 0 Å². The van der Waals surface area contributed by atoms with Crippen LogP contribution in [0.3, 0.4) is 0 Å². The summed E-state index contributed by atoms with van der Waals surface area (Å²) in [6, 6.07) is 0. The van der Waals surface area contributed by atoms with E-state index in [2.05, 4.69) is 41.1 Å². The second kappa shape index (κ2) is 11.4. The zero-order valence-corrected chi connectivity index (χ0v) is 17.0. The van der Waals surface area contributed by atoms with Crippen molar-refractivity contribution in [1.29, 1.82) is 0 Å². The van der Waals surface area contributed by atoms with Gasteiger partial charge in [-0.3, -0.25) is 0 Å². The fourth-order valence-electron chi connectivity index (χ4n) is 4.04. The molecule has 0 unspecified atom stereocenters. The molecule has 0 amide bonds. The van der Waals surface area contributed by atoms with Crippen LogP contribution in [0.5, 0.6) is 0 Å². The molecule has 26 heavy (non-hydrogen) atoms. The minimum Gasteiger partial charge on any atom is -0.303 e. The molecule has 0 bridgehead atoms. The molecule has 2 fully saturated rings. The summed E-state index contributed by atoms with van der Waals surface area (Å²) in [5.74, 6) is 3.03. The van der Waals surface area contributed by atoms with E-state index in [1.165, 1.54) is 70.1 Å². The van der Waals surface area contributed by atoms with Crippen molar-refractivity contribution >= 4 is 6.29 Å². The number of hydrogen-bond donors (Lipinski definition) is 0. The van der Waals surface area contributed by atoms with Crippen molar-refractivity contribution in [2.24, 2.45) is 5.92 Å². The Morgan fingerprint density at radius 1 is 1.08 bits per heavy atom. The van der Waals surface area contributed by atoms with Crippen LogP contribution >= 0.6 is 0 Å². The molecule has 1 aromatic rings. The van der Waals surface area contributed by atoms with E-state index in [1.807, 2.05) is 6.92 Å². The molecule has 4 heteroatoms. The smallest absolute Gasteiger partial charge is 0.130 e. The highest BCUT2D eigenvalue weighted by Gasteiger charge is 2.24. The molecule has 3 rings (SSSR count).